The van der Waals surface area contributed by atoms with Gasteiger partial charge in [0.2, 0.25) is 0 Å². The Kier molecular flexibility index (Phi) is 29.8. The topological polar surface area (TPSA) is 373 Å². The standard InChI is InChI=1S/C21H21O3S.6FH2O3P/c1-22-16-4-10-19(11-5-16)25(20-12-6-17(23-2)7-13-20)21-14-8-18(24-3)9-15-21;6*1-5(2,3)4/h4-15H,1-3H3;6*(H2,2,3,4)/q+1;;;;;;. The van der Waals surface area contributed by atoms with Gasteiger partial charge in [0.25, 0.3) is 0 Å². The third kappa shape index (κ3) is 61.3. The highest BCUT2D eigenvalue weighted by molar-refractivity contribution is 7.97. The van der Waals surface area contributed by atoms with Gasteiger partial charge in [-0.15, -0.1) is 25.2 Å². The molecule has 0 spiro atoms. The van der Waals surface area contributed by atoms with Gasteiger partial charge in [-0.2, -0.15) is 0 Å². The monoisotopic (exact) mass is 953 g/mol. The van der Waals surface area contributed by atoms with Crippen LogP contribution in [0, 0.1) is 0 Å². The molecule has 0 aliphatic carbocycles. The molecule has 0 bridgehead atoms. The highest BCUT2D eigenvalue weighted by Crippen LogP contribution is 2.38. The van der Waals surface area contributed by atoms with Crippen molar-refractivity contribution in [1.29, 1.82) is 0 Å². The van der Waals surface area contributed by atoms with Crippen molar-refractivity contribution < 1.29 is 126 Å². The zero-order valence-corrected chi connectivity index (χ0v) is 33.5. The Morgan fingerprint density at radius 3 is 0.545 bits per heavy atom. The Morgan fingerprint density at radius 2 is 0.455 bits per heavy atom. The average molecular weight is 953 g/mol. The van der Waals surface area contributed by atoms with E-state index >= 15 is 0 Å². The lowest BCUT2D eigenvalue weighted by Gasteiger charge is -2.10. The van der Waals surface area contributed by atoms with E-state index in [1.165, 1.54) is 14.7 Å². The van der Waals surface area contributed by atoms with Gasteiger partial charge in [0.15, 0.2) is 14.7 Å². The van der Waals surface area contributed by atoms with E-state index in [0.29, 0.717) is 0 Å². The molecule has 0 heterocycles. The van der Waals surface area contributed by atoms with Gasteiger partial charge in [-0.1, -0.05) is 0 Å². The van der Waals surface area contributed by atoms with E-state index in [4.69, 9.17) is 100 Å². The Labute approximate surface area is 309 Å². The van der Waals surface area contributed by atoms with Crippen molar-refractivity contribution in [3.63, 3.8) is 0 Å². The lowest BCUT2D eigenvalue weighted by molar-refractivity contribution is 0.320. The van der Waals surface area contributed by atoms with E-state index in [2.05, 4.69) is 36.4 Å². The molecule has 0 atom stereocenters. The van der Waals surface area contributed by atoms with Crippen molar-refractivity contribution in [3.8, 4) is 17.2 Å². The third-order valence-electron chi connectivity index (χ3n) is 3.89. The van der Waals surface area contributed by atoms with Crippen LogP contribution in [0.2, 0.25) is 0 Å². The van der Waals surface area contributed by atoms with Crippen LogP contribution in [0.4, 0.5) is 25.2 Å². The maximum absolute atomic E-state index is 10.4. The van der Waals surface area contributed by atoms with Gasteiger partial charge >= 0.3 is 47.4 Å². The molecule has 12 N–H and O–H groups in total. The smallest absolute Gasteiger partial charge is 0.497 e. The predicted molar refractivity (Wildman–Crippen MR) is 180 cm³/mol. The van der Waals surface area contributed by atoms with Crippen LogP contribution in [0.5, 0.6) is 17.2 Å². The Bertz CT molecular complexity index is 1460. The summed E-state index contributed by atoms with van der Waals surface area (Å²) in [6.07, 6.45) is 0. The predicted octanol–water partition coefficient (Wildman–Crippen LogP) is 5.10. The van der Waals surface area contributed by atoms with Crippen LogP contribution in [0.1, 0.15) is 0 Å². The second-order valence-corrected chi connectivity index (χ2v) is 15.9. The lowest BCUT2D eigenvalue weighted by atomic mass is 10.3. The molecule has 21 nitrogen and oxygen atoms in total. The van der Waals surface area contributed by atoms with E-state index in [0.717, 1.165) is 17.2 Å². The molecule has 55 heavy (non-hydrogen) atoms. The summed E-state index contributed by atoms with van der Waals surface area (Å²) in [5.41, 5.74) is 0. The molecule has 3 aromatic carbocycles. The number of hydrogen-bond acceptors (Lipinski definition) is 9. The van der Waals surface area contributed by atoms with Gasteiger partial charge in [0.1, 0.15) is 17.2 Å². The number of methoxy groups -OCH3 is 3. The largest absolute Gasteiger partial charge is 0.507 e. The first kappa shape index (κ1) is 59.6. The molecule has 0 aliphatic heterocycles. The fraction of sp³-hybridized carbons (Fsp3) is 0.143. The number of halogens is 6. The van der Waals surface area contributed by atoms with Crippen molar-refractivity contribution in [2.45, 2.75) is 14.7 Å². The summed E-state index contributed by atoms with van der Waals surface area (Å²) in [5, 5.41) is 0. The second kappa shape index (κ2) is 27.5. The Hall–Kier alpha value is -2.11. The molecule has 0 amide bonds. The van der Waals surface area contributed by atoms with Gasteiger partial charge < -0.3 is 14.2 Å². The highest BCUT2D eigenvalue weighted by Gasteiger charge is 2.29. The van der Waals surface area contributed by atoms with Crippen molar-refractivity contribution in [1.82, 2.24) is 0 Å². The summed E-state index contributed by atoms with van der Waals surface area (Å²) in [6.45, 7) is 0. The molecule has 0 radical (unpaired) electrons. The van der Waals surface area contributed by atoms with Crippen molar-refractivity contribution in [2.24, 2.45) is 0 Å². The quantitative estimate of drug-likeness (QED) is 0.0868. The number of rotatable bonds is 6. The minimum absolute atomic E-state index is 0.212. The first-order valence-electron chi connectivity index (χ1n) is 12.4. The second-order valence-electron chi connectivity index (χ2n) is 8.17. The molecule has 0 saturated carbocycles. The van der Waals surface area contributed by atoms with Crippen molar-refractivity contribution in [2.75, 3.05) is 21.3 Å². The van der Waals surface area contributed by atoms with E-state index in [1.807, 2.05) is 36.4 Å². The third-order valence-corrected chi connectivity index (χ3v) is 6.12. The molecule has 0 fully saturated rings. The van der Waals surface area contributed by atoms with Gasteiger partial charge in [-0.05, 0) is 72.8 Å². The minimum atomic E-state index is -5.14. The molecule has 0 saturated heterocycles. The maximum Gasteiger partial charge on any atom is 0.507 e. The summed E-state index contributed by atoms with van der Waals surface area (Å²) in [4.78, 5) is 87.3. The highest BCUT2D eigenvalue weighted by atomic mass is 32.2. The van der Waals surface area contributed by atoms with Crippen LogP contribution < -0.4 is 14.2 Å². The molecule has 0 unspecified atom stereocenters. The summed E-state index contributed by atoms with van der Waals surface area (Å²) in [7, 11) is -26.0. The van der Waals surface area contributed by atoms with E-state index in [-0.39, 0.29) is 10.9 Å². The first-order chi connectivity index (χ1) is 24.2. The maximum atomic E-state index is 10.4. The fourth-order valence-electron chi connectivity index (χ4n) is 2.54. The van der Waals surface area contributed by atoms with Crippen molar-refractivity contribution in [3.05, 3.63) is 72.8 Å². The molecule has 0 aromatic heterocycles. The summed E-state index contributed by atoms with van der Waals surface area (Å²) < 4.78 is 130. The van der Waals surface area contributed by atoms with Gasteiger partial charge in [-0.25, -0.2) is 27.4 Å². The van der Waals surface area contributed by atoms with Crippen LogP contribution in [-0.2, 0) is 38.3 Å². The van der Waals surface area contributed by atoms with Crippen LogP contribution in [0.3, 0.4) is 0 Å². The lowest BCUT2D eigenvalue weighted by Crippen LogP contribution is -2.05. The molecule has 34 heteroatoms. The van der Waals surface area contributed by atoms with Crippen LogP contribution in [0.15, 0.2) is 87.5 Å². The van der Waals surface area contributed by atoms with E-state index in [1.54, 1.807) is 21.3 Å². The molecule has 0 aliphatic rings. The summed E-state index contributed by atoms with van der Waals surface area (Å²) in [5.74, 6) is 2.57. The zero-order valence-electron chi connectivity index (χ0n) is 27.3. The molecule has 3 aromatic rings. The number of ether oxygens (including phenoxy) is 3. The van der Waals surface area contributed by atoms with Gasteiger partial charge in [0, 0.05) is 0 Å². The average Bonchev–Trinajstić information content (AvgIpc) is 2.93. The van der Waals surface area contributed by atoms with Crippen LogP contribution in [0.25, 0.3) is 0 Å². The SMILES string of the molecule is COc1ccc([S+](c2ccc(OC)cc2)c2ccc(OC)cc2)cc1.O=P(O)(O)F.O=P(O)(O)F.O=P(O)(O)F.O=P(O)(O)F.O=P(O)(O)F.O=P(O)(O)F. The Morgan fingerprint density at radius 1 is 0.345 bits per heavy atom. The zero-order chi connectivity index (χ0) is 44.6. The normalized spacial score (nSPS) is 11.2. The van der Waals surface area contributed by atoms with E-state index < -0.39 is 47.4 Å². The number of benzene rings is 3. The van der Waals surface area contributed by atoms with Gasteiger partial charge in [-0.3, -0.25) is 58.7 Å². The molecule has 3 rings (SSSR count). The molecular formula is C21H33F6O21P6S+. The summed E-state index contributed by atoms with van der Waals surface area (Å²) in [6, 6.07) is 24.7. The van der Waals surface area contributed by atoms with Crippen molar-refractivity contribution >= 4 is 58.3 Å². The minimum Gasteiger partial charge on any atom is -0.497 e. The number of hydrogen-bond donors (Lipinski definition) is 12. The summed E-state index contributed by atoms with van der Waals surface area (Å²) >= 11 is 0. The van der Waals surface area contributed by atoms with Crippen LogP contribution in [-0.4, -0.2) is 80.1 Å². The van der Waals surface area contributed by atoms with Gasteiger partial charge in [0.05, 0.1) is 32.2 Å². The van der Waals surface area contributed by atoms with Crippen LogP contribution >= 0.6 is 47.4 Å². The molecule has 320 valence electrons. The first-order valence-corrected chi connectivity index (χ1v) is 22.7. The molecular weight excluding hydrogens is 920 g/mol. The van der Waals surface area contributed by atoms with E-state index in [9.17, 15) is 25.2 Å². The fourth-order valence-corrected chi connectivity index (χ4v) is 4.58. The Balaban J connectivity index is -0.000000352.